The molecule has 1 unspecified atom stereocenters. The number of nitrogens with zero attached hydrogens (tertiary/aromatic N) is 2. The van der Waals surface area contributed by atoms with Crippen molar-refractivity contribution in [3.05, 3.63) is 18.0 Å². The molecule has 0 aliphatic heterocycles. The molecule has 3 heteroatoms. The Hall–Kier alpha value is -0.500. The van der Waals surface area contributed by atoms with Crippen molar-refractivity contribution in [2.45, 2.75) is 58.4 Å². The molecule has 0 bridgehead atoms. The standard InChI is InChI=1S/C15H25ClN2/c1-12(2)13(11-16)10-14-8-9-18(17-14)15-6-4-3-5-7-15/h8-9,12-13,15H,3-7,10-11H2,1-2H3. The minimum Gasteiger partial charge on any atom is -0.269 e. The van der Waals surface area contributed by atoms with Crippen LogP contribution in [0.15, 0.2) is 12.3 Å². The molecule has 0 N–H and O–H groups in total. The molecule has 1 fully saturated rings. The van der Waals surface area contributed by atoms with Gasteiger partial charge in [0.15, 0.2) is 0 Å². The van der Waals surface area contributed by atoms with Crippen LogP contribution >= 0.6 is 11.6 Å². The second-order valence-electron chi connectivity index (χ2n) is 5.94. The molecule has 1 atom stereocenters. The monoisotopic (exact) mass is 268 g/mol. The van der Waals surface area contributed by atoms with Crippen molar-refractivity contribution < 1.29 is 0 Å². The first kappa shape index (κ1) is 13.9. The van der Waals surface area contributed by atoms with E-state index in [4.69, 9.17) is 16.7 Å². The smallest absolute Gasteiger partial charge is 0.0628 e. The summed E-state index contributed by atoms with van der Waals surface area (Å²) in [6.07, 6.45) is 9.88. The predicted octanol–water partition coefficient (Wildman–Crippen LogP) is 4.44. The van der Waals surface area contributed by atoms with E-state index < -0.39 is 0 Å². The van der Waals surface area contributed by atoms with Gasteiger partial charge in [0.2, 0.25) is 0 Å². The first-order valence-electron chi connectivity index (χ1n) is 7.30. The minimum atomic E-state index is 0.543. The van der Waals surface area contributed by atoms with Gasteiger partial charge in [-0.05, 0) is 37.2 Å². The fourth-order valence-corrected chi connectivity index (χ4v) is 3.24. The second kappa shape index (κ2) is 6.60. The van der Waals surface area contributed by atoms with E-state index in [9.17, 15) is 0 Å². The molecular formula is C15H25ClN2. The zero-order chi connectivity index (χ0) is 13.0. The SMILES string of the molecule is CC(C)C(CCl)Cc1ccn(C2CCCCC2)n1. The number of aromatic nitrogens is 2. The van der Waals surface area contributed by atoms with Gasteiger partial charge in [-0.2, -0.15) is 5.10 Å². The van der Waals surface area contributed by atoms with Crippen LogP contribution in [0, 0.1) is 11.8 Å². The molecule has 1 aliphatic carbocycles. The van der Waals surface area contributed by atoms with Crippen LogP contribution in [0.1, 0.15) is 57.7 Å². The van der Waals surface area contributed by atoms with Gasteiger partial charge in [0.05, 0.1) is 11.7 Å². The lowest BCUT2D eigenvalue weighted by atomic mass is 9.93. The van der Waals surface area contributed by atoms with E-state index in [0.29, 0.717) is 17.9 Å². The van der Waals surface area contributed by atoms with E-state index >= 15 is 0 Å². The third kappa shape index (κ3) is 3.50. The molecule has 0 radical (unpaired) electrons. The Kier molecular flexibility index (Phi) is 5.11. The maximum atomic E-state index is 6.03. The molecule has 1 aliphatic rings. The highest BCUT2D eigenvalue weighted by atomic mass is 35.5. The van der Waals surface area contributed by atoms with Crippen molar-refractivity contribution in [1.29, 1.82) is 0 Å². The number of hydrogen-bond donors (Lipinski definition) is 0. The zero-order valence-electron chi connectivity index (χ0n) is 11.6. The van der Waals surface area contributed by atoms with Gasteiger partial charge >= 0.3 is 0 Å². The summed E-state index contributed by atoms with van der Waals surface area (Å²) in [5, 5.41) is 4.76. The molecule has 102 valence electrons. The van der Waals surface area contributed by atoms with E-state index in [0.717, 1.165) is 12.3 Å². The van der Waals surface area contributed by atoms with Crippen molar-refractivity contribution in [3.8, 4) is 0 Å². The molecule has 0 aromatic carbocycles. The van der Waals surface area contributed by atoms with Crippen LogP contribution in [-0.4, -0.2) is 15.7 Å². The van der Waals surface area contributed by atoms with Crippen molar-refractivity contribution in [1.82, 2.24) is 9.78 Å². The zero-order valence-corrected chi connectivity index (χ0v) is 12.4. The van der Waals surface area contributed by atoms with Crippen LogP contribution in [0.5, 0.6) is 0 Å². The average Bonchev–Trinajstić information content (AvgIpc) is 2.85. The summed E-state index contributed by atoms with van der Waals surface area (Å²) in [6.45, 7) is 4.48. The van der Waals surface area contributed by atoms with Crippen LogP contribution in [0.4, 0.5) is 0 Å². The summed E-state index contributed by atoms with van der Waals surface area (Å²) in [5.41, 5.74) is 1.21. The van der Waals surface area contributed by atoms with Crippen molar-refractivity contribution in [2.24, 2.45) is 11.8 Å². The lowest BCUT2D eigenvalue weighted by Gasteiger charge is -2.22. The highest BCUT2D eigenvalue weighted by Crippen LogP contribution is 2.28. The van der Waals surface area contributed by atoms with Crippen LogP contribution in [-0.2, 0) is 6.42 Å². The summed E-state index contributed by atoms with van der Waals surface area (Å²) >= 11 is 6.03. The maximum absolute atomic E-state index is 6.03. The van der Waals surface area contributed by atoms with Gasteiger partial charge in [-0.3, -0.25) is 4.68 Å². The molecule has 0 saturated heterocycles. The van der Waals surface area contributed by atoms with Crippen molar-refractivity contribution >= 4 is 11.6 Å². The highest BCUT2D eigenvalue weighted by Gasteiger charge is 2.18. The maximum Gasteiger partial charge on any atom is 0.0628 e. The molecule has 2 nitrogen and oxygen atoms in total. The first-order chi connectivity index (χ1) is 8.70. The Morgan fingerprint density at radius 1 is 1.33 bits per heavy atom. The molecular weight excluding hydrogens is 244 g/mol. The van der Waals surface area contributed by atoms with E-state index in [2.05, 4.69) is 30.8 Å². The van der Waals surface area contributed by atoms with Crippen LogP contribution in [0.2, 0.25) is 0 Å². The quantitative estimate of drug-likeness (QED) is 0.722. The van der Waals surface area contributed by atoms with E-state index in [1.54, 1.807) is 0 Å². The van der Waals surface area contributed by atoms with Crippen LogP contribution < -0.4 is 0 Å². The topological polar surface area (TPSA) is 17.8 Å². The second-order valence-corrected chi connectivity index (χ2v) is 6.25. The van der Waals surface area contributed by atoms with E-state index in [-0.39, 0.29) is 0 Å². The molecule has 1 aromatic heterocycles. The lowest BCUT2D eigenvalue weighted by molar-refractivity contribution is 0.326. The minimum absolute atomic E-state index is 0.543. The molecule has 1 aromatic rings. The van der Waals surface area contributed by atoms with Crippen LogP contribution in [0.3, 0.4) is 0 Å². The molecule has 2 rings (SSSR count). The molecule has 1 heterocycles. The third-order valence-electron chi connectivity index (χ3n) is 4.22. The van der Waals surface area contributed by atoms with E-state index in [1.807, 2.05) is 0 Å². The Bertz CT molecular complexity index is 353. The van der Waals surface area contributed by atoms with Gasteiger partial charge in [-0.25, -0.2) is 0 Å². The predicted molar refractivity (Wildman–Crippen MR) is 77.1 cm³/mol. The van der Waals surface area contributed by atoms with Gasteiger partial charge < -0.3 is 0 Å². The molecule has 1 saturated carbocycles. The first-order valence-corrected chi connectivity index (χ1v) is 7.84. The Morgan fingerprint density at radius 2 is 2.06 bits per heavy atom. The largest absolute Gasteiger partial charge is 0.269 e. The Labute approximate surface area is 116 Å². The number of rotatable bonds is 5. The number of halogens is 1. The fraction of sp³-hybridized carbons (Fsp3) is 0.800. The molecule has 0 amide bonds. The summed E-state index contributed by atoms with van der Waals surface area (Å²) < 4.78 is 2.19. The normalized spacial score (nSPS) is 19.3. The summed E-state index contributed by atoms with van der Waals surface area (Å²) in [7, 11) is 0. The van der Waals surface area contributed by atoms with Crippen molar-refractivity contribution in [2.75, 3.05) is 5.88 Å². The summed E-state index contributed by atoms with van der Waals surface area (Å²) in [5.74, 6) is 1.90. The van der Waals surface area contributed by atoms with Crippen molar-refractivity contribution in [3.63, 3.8) is 0 Å². The fourth-order valence-electron chi connectivity index (χ4n) is 2.77. The lowest BCUT2D eigenvalue weighted by Crippen LogP contribution is -2.16. The Morgan fingerprint density at radius 3 is 2.67 bits per heavy atom. The summed E-state index contributed by atoms with van der Waals surface area (Å²) in [4.78, 5) is 0. The number of hydrogen-bond acceptors (Lipinski definition) is 1. The van der Waals surface area contributed by atoms with Gasteiger partial charge in [0, 0.05) is 12.1 Å². The highest BCUT2D eigenvalue weighted by molar-refractivity contribution is 6.18. The summed E-state index contributed by atoms with van der Waals surface area (Å²) in [6, 6.07) is 2.82. The van der Waals surface area contributed by atoms with Gasteiger partial charge in [-0.15, -0.1) is 11.6 Å². The Balaban J connectivity index is 1.96. The van der Waals surface area contributed by atoms with E-state index in [1.165, 1.54) is 37.8 Å². The number of alkyl halides is 1. The van der Waals surface area contributed by atoms with Crippen LogP contribution in [0.25, 0.3) is 0 Å². The van der Waals surface area contributed by atoms with Gasteiger partial charge in [-0.1, -0.05) is 33.1 Å². The third-order valence-corrected chi connectivity index (χ3v) is 4.62. The van der Waals surface area contributed by atoms with Gasteiger partial charge in [0.25, 0.3) is 0 Å². The molecule has 18 heavy (non-hydrogen) atoms. The molecule has 0 spiro atoms. The average molecular weight is 269 g/mol. The van der Waals surface area contributed by atoms with Gasteiger partial charge in [0.1, 0.15) is 0 Å².